The fourth-order valence-corrected chi connectivity index (χ4v) is 2.92. The SMILES string of the molecule is Cc1ccc([N+](=O)[O-])cc1-c1ccc(/C=N\NC(=O)COc2c(C)cccc2C)o1. The molecule has 3 rings (SSSR count). The number of nitro groups is 1. The first-order valence-corrected chi connectivity index (χ1v) is 9.21. The molecule has 154 valence electrons. The van der Waals surface area contributed by atoms with Gasteiger partial charge in [-0.05, 0) is 49.6 Å². The quantitative estimate of drug-likeness (QED) is 0.357. The highest BCUT2D eigenvalue weighted by Gasteiger charge is 2.13. The molecule has 2 aromatic carbocycles. The smallest absolute Gasteiger partial charge is 0.277 e. The van der Waals surface area contributed by atoms with Gasteiger partial charge in [-0.1, -0.05) is 24.3 Å². The van der Waals surface area contributed by atoms with E-state index in [1.807, 2.05) is 39.0 Å². The number of carbonyl (C=O) groups is 1. The van der Waals surface area contributed by atoms with Crippen molar-refractivity contribution in [2.24, 2.45) is 5.10 Å². The highest BCUT2D eigenvalue weighted by atomic mass is 16.6. The van der Waals surface area contributed by atoms with E-state index in [0.29, 0.717) is 22.8 Å². The molecule has 1 N–H and O–H groups in total. The molecule has 30 heavy (non-hydrogen) atoms. The van der Waals surface area contributed by atoms with E-state index in [2.05, 4.69) is 10.5 Å². The van der Waals surface area contributed by atoms with Crippen molar-refractivity contribution in [3.05, 3.63) is 81.1 Å². The minimum atomic E-state index is -0.454. The zero-order valence-electron chi connectivity index (χ0n) is 16.8. The Balaban J connectivity index is 1.60. The number of hydrogen-bond acceptors (Lipinski definition) is 6. The monoisotopic (exact) mass is 407 g/mol. The maximum absolute atomic E-state index is 12.0. The van der Waals surface area contributed by atoms with Gasteiger partial charge in [0, 0.05) is 17.7 Å². The molecular weight excluding hydrogens is 386 g/mol. The minimum absolute atomic E-state index is 0.0154. The lowest BCUT2D eigenvalue weighted by atomic mass is 10.1. The zero-order chi connectivity index (χ0) is 21.7. The first-order chi connectivity index (χ1) is 14.3. The molecule has 0 radical (unpaired) electrons. The van der Waals surface area contributed by atoms with E-state index in [0.717, 1.165) is 16.7 Å². The zero-order valence-corrected chi connectivity index (χ0v) is 16.8. The average Bonchev–Trinajstić information content (AvgIpc) is 3.16. The van der Waals surface area contributed by atoms with Gasteiger partial charge in [-0.15, -0.1) is 0 Å². The number of hydrogen-bond donors (Lipinski definition) is 1. The van der Waals surface area contributed by atoms with Crippen LogP contribution in [0.25, 0.3) is 11.3 Å². The van der Waals surface area contributed by atoms with Crippen LogP contribution in [0.1, 0.15) is 22.5 Å². The van der Waals surface area contributed by atoms with Gasteiger partial charge in [0.25, 0.3) is 11.6 Å². The Morgan fingerprint density at radius 3 is 2.57 bits per heavy atom. The number of carbonyl (C=O) groups excluding carboxylic acids is 1. The van der Waals surface area contributed by atoms with E-state index in [9.17, 15) is 14.9 Å². The number of nitrogens with zero attached hydrogens (tertiary/aromatic N) is 2. The number of nitrogens with one attached hydrogen (secondary N) is 1. The minimum Gasteiger partial charge on any atom is -0.483 e. The maximum Gasteiger partial charge on any atom is 0.277 e. The molecule has 0 atom stereocenters. The second-order valence-corrected chi connectivity index (χ2v) is 6.76. The highest BCUT2D eigenvalue weighted by molar-refractivity contribution is 5.82. The van der Waals surface area contributed by atoms with Crippen molar-refractivity contribution in [2.75, 3.05) is 6.61 Å². The van der Waals surface area contributed by atoms with Crippen LogP contribution >= 0.6 is 0 Å². The standard InChI is InChI=1S/C22H21N3O5/c1-14-7-8-17(25(27)28)11-19(14)20-10-9-18(30-20)12-23-24-21(26)13-29-22-15(2)5-4-6-16(22)3/h4-12H,13H2,1-3H3,(H,24,26)/b23-12-. The Kier molecular flexibility index (Phi) is 6.26. The summed E-state index contributed by atoms with van der Waals surface area (Å²) in [5.41, 5.74) is 5.73. The first-order valence-electron chi connectivity index (χ1n) is 9.21. The Labute approximate surface area is 173 Å². The van der Waals surface area contributed by atoms with Gasteiger partial charge < -0.3 is 9.15 Å². The van der Waals surface area contributed by atoms with Crippen LogP contribution in [0.15, 0.2) is 58.0 Å². The third-order valence-corrected chi connectivity index (χ3v) is 4.46. The molecule has 1 amide bonds. The summed E-state index contributed by atoms with van der Waals surface area (Å²) in [5, 5.41) is 14.9. The Morgan fingerprint density at radius 1 is 1.13 bits per heavy atom. The number of rotatable bonds is 7. The van der Waals surface area contributed by atoms with E-state index in [-0.39, 0.29) is 12.3 Å². The summed E-state index contributed by atoms with van der Waals surface area (Å²) >= 11 is 0. The number of nitro benzene ring substituents is 1. The van der Waals surface area contributed by atoms with Crippen LogP contribution in [-0.2, 0) is 4.79 Å². The molecule has 0 aliphatic carbocycles. The third kappa shape index (κ3) is 4.91. The summed E-state index contributed by atoms with van der Waals surface area (Å²) in [6.45, 7) is 5.50. The number of aryl methyl sites for hydroxylation is 3. The van der Waals surface area contributed by atoms with Crippen molar-refractivity contribution in [3.63, 3.8) is 0 Å². The highest BCUT2D eigenvalue weighted by Crippen LogP contribution is 2.28. The maximum atomic E-state index is 12.0. The molecule has 3 aromatic rings. The first kappa shape index (κ1) is 20.8. The topological polar surface area (TPSA) is 107 Å². The normalized spacial score (nSPS) is 10.9. The number of para-hydroxylation sites is 1. The molecule has 0 bridgehead atoms. The molecule has 0 spiro atoms. The van der Waals surface area contributed by atoms with Gasteiger partial charge in [0.05, 0.1) is 11.1 Å². The molecule has 1 aromatic heterocycles. The molecule has 0 saturated carbocycles. The summed E-state index contributed by atoms with van der Waals surface area (Å²) in [7, 11) is 0. The third-order valence-electron chi connectivity index (χ3n) is 4.46. The van der Waals surface area contributed by atoms with Gasteiger partial charge in [0.2, 0.25) is 0 Å². The van der Waals surface area contributed by atoms with Crippen molar-refractivity contribution >= 4 is 17.8 Å². The van der Waals surface area contributed by atoms with Crippen LogP contribution in [0.4, 0.5) is 5.69 Å². The lowest BCUT2D eigenvalue weighted by molar-refractivity contribution is -0.384. The summed E-state index contributed by atoms with van der Waals surface area (Å²) in [4.78, 5) is 22.5. The molecule has 0 aliphatic rings. The lowest BCUT2D eigenvalue weighted by Crippen LogP contribution is -2.24. The predicted octanol–water partition coefficient (Wildman–Crippen LogP) is 4.31. The average molecular weight is 407 g/mol. The molecule has 0 unspecified atom stereocenters. The van der Waals surface area contributed by atoms with E-state index in [4.69, 9.17) is 9.15 Å². The number of ether oxygens (including phenoxy) is 1. The van der Waals surface area contributed by atoms with Crippen molar-refractivity contribution in [2.45, 2.75) is 20.8 Å². The largest absolute Gasteiger partial charge is 0.483 e. The van der Waals surface area contributed by atoms with Gasteiger partial charge in [0.15, 0.2) is 6.61 Å². The van der Waals surface area contributed by atoms with Crippen LogP contribution in [-0.4, -0.2) is 23.7 Å². The Bertz CT molecular complexity index is 1100. The molecule has 0 saturated heterocycles. The number of amides is 1. The molecule has 0 aliphatic heterocycles. The summed E-state index contributed by atoms with van der Waals surface area (Å²) in [5.74, 6) is 1.14. The second-order valence-electron chi connectivity index (χ2n) is 6.76. The van der Waals surface area contributed by atoms with E-state index in [1.165, 1.54) is 18.3 Å². The van der Waals surface area contributed by atoms with Crippen LogP contribution in [0.5, 0.6) is 5.75 Å². The Morgan fingerprint density at radius 2 is 1.87 bits per heavy atom. The van der Waals surface area contributed by atoms with Gasteiger partial charge in [-0.3, -0.25) is 14.9 Å². The van der Waals surface area contributed by atoms with Crippen LogP contribution in [0.3, 0.4) is 0 Å². The van der Waals surface area contributed by atoms with Gasteiger partial charge in [-0.2, -0.15) is 5.10 Å². The molecule has 8 nitrogen and oxygen atoms in total. The van der Waals surface area contributed by atoms with E-state index < -0.39 is 10.8 Å². The lowest BCUT2D eigenvalue weighted by Gasteiger charge is -2.10. The van der Waals surface area contributed by atoms with E-state index >= 15 is 0 Å². The molecule has 1 heterocycles. The fourth-order valence-electron chi connectivity index (χ4n) is 2.92. The summed E-state index contributed by atoms with van der Waals surface area (Å²) in [6, 6.07) is 13.7. The summed E-state index contributed by atoms with van der Waals surface area (Å²) < 4.78 is 11.2. The molecular formula is C22H21N3O5. The number of benzene rings is 2. The molecule has 8 heteroatoms. The fraction of sp³-hybridized carbons (Fsp3) is 0.182. The van der Waals surface area contributed by atoms with Gasteiger partial charge >= 0.3 is 0 Å². The van der Waals surface area contributed by atoms with Crippen molar-refractivity contribution in [3.8, 4) is 17.1 Å². The number of hydrazone groups is 1. The Hall–Kier alpha value is -3.94. The van der Waals surface area contributed by atoms with Crippen molar-refractivity contribution in [1.29, 1.82) is 0 Å². The van der Waals surface area contributed by atoms with Gasteiger partial charge in [0.1, 0.15) is 17.3 Å². The number of furan rings is 1. The van der Waals surface area contributed by atoms with Crippen LogP contribution in [0.2, 0.25) is 0 Å². The molecule has 0 fully saturated rings. The number of non-ortho nitro benzene ring substituents is 1. The van der Waals surface area contributed by atoms with Crippen molar-refractivity contribution < 1.29 is 18.9 Å². The summed E-state index contributed by atoms with van der Waals surface area (Å²) in [6.07, 6.45) is 1.35. The second kappa shape index (κ2) is 9.04. The van der Waals surface area contributed by atoms with Crippen LogP contribution in [0, 0.1) is 30.9 Å². The van der Waals surface area contributed by atoms with Gasteiger partial charge in [-0.25, -0.2) is 5.43 Å². The van der Waals surface area contributed by atoms with E-state index in [1.54, 1.807) is 18.2 Å². The van der Waals surface area contributed by atoms with Crippen LogP contribution < -0.4 is 10.2 Å². The predicted molar refractivity (Wildman–Crippen MR) is 113 cm³/mol. The van der Waals surface area contributed by atoms with Crippen molar-refractivity contribution in [1.82, 2.24) is 5.43 Å².